The number of hydrogen-bond donors (Lipinski definition) is 1. The maximum absolute atomic E-state index is 14.1. The normalized spacial score (nSPS) is 19.0. The molecule has 6 aromatic rings. The Labute approximate surface area is 397 Å². The van der Waals surface area contributed by atoms with E-state index in [1.165, 1.54) is 55.5 Å². The summed E-state index contributed by atoms with van der Waals surface area (Å²) in [5.41, 5.74) is 4.44. The molecular weight excluding hydrogens is 887 g/mol. The summed E-state index contributed by atoms with van der Waals surface area (Å²) >= 11 is 0. The second-order valence-corrected chi connectivity index (χ2v) is 16.0. The highest BCUT2D eigenvalue weighted by molar-refractivity contribution is 5.92. The number of methoxy groups -OCH3 is 1. The summed E-state index contributed by atoms with van der Waals surface area (Å²) < 4.78 is 47.8. The maximum atomic E-state index is 14.1. The number of alkyl carbamates (subject to hydrolysis) is 1. The number of nitrogens with one attached hydrogen (secondary N) is 1. The van der Waals surface area contributed by atoms with E-state index >= 15 is 0 Å². The van der Waals surface area contributed by atoms with E-state index in [0.717, 1.165) is 29.4 Å². The minimum absolute atomic E-state index is 0.0762. The van der Waals surface area contributed by atoms with Gasteiger partial charge in [0.25, 0.3) is 0 Å². The molecule has 0 unspecified atom stereocenters. The van der Waals surface area contributed by atoms with E-state index in [1.807, 2.05) is 48.5 Å². The fourth-order valence-corrected chi connectivity index (χ4v) is 8.19. The van der Waals surface area contributed by atoms with Gasteiger partial charge in [0.15, 0.2) is 30.6 Å². The number of ether oxygens (including phenoxy) is 8. The standard InChI is InChI=1S/C54H47NO14/c1-33(44(52(60)62-2)55-54(61)64-31-42-40-29-17-15-27-38(40)39-28-16-18-30-41(39)42)65-53-47(69-51(59)37-25-13-6-14-26-37)46(68-50(58)36-23-11-5-12-24-36)45(67-49(57)35-21-9-4-10-22-35)43(66-53)32-63-48(56)34-19-7-3-8-20-34/h3-30,33,42-47,53H,31-32H2,1-2H3,(H,55,61)/t33-,43-,44+,45-,46+,47-,53-/m1/s1. The fraction of sp³-hybridized carbons (Fsp3) is 0.222. The molecule has 0 bridgehead atoms. The van der Waals surface area contributed by atoms with E-state index in [2.05, 4.69) is 5.32 Å². The second-order valence-electron chi connectivity index (χ2n) is 16.0. The van der Waals surface area contributed by atoms with Gasteiger partial charge in [-0.05, 0) is 77.7 Å². The van der Waals surface area contributed by atoms with Gasteiger partial charge in [-0.15, -0.1) is 0 Å². The lowest BCUT2D eigenvalue weighted by Gasteiger charge is -2.45. The van der Waals surface area contributed by atoms with Crippen LogP contribution in [-0.2, 0) is 42.7 Å². The molecule has 0 radical (unpaired) electrons. The van der Waals surface area contributed by atoms with Crippen LogP contribution < -0.4 is 5.32 Å². The van der Waals surface area contributed by atoms with Gasteiger partial charge in [0, 0.05) is 5.92 Å². The Hall–Kier alpha value is -8.14. The van der Waals surface area contributed by atoms with Gasteiger partial charge >= 0.3 is 35.9 Å². The SMILES string of the molecule is COC(=O)[C@@H](NC(=O)OCC1c2ccccc2-c2ccccc21)[C@@H](C)O[C@@H]1O[C@H](COC(=O)c2ccccc2)[C@@H](OC(=O)c2ccccc2)[C@H](OC(=O)c2ccccc2)[C@H]1OC(=O)c1ccccc1. The topological polar surface area (TPSA) is 188 Å². The number of rotatable bonds is 16. The molecular formula is C54H47NO14. The highest BCUT2D eigenvalue weighted by Gasteiger charge is 2.54. The molecule has 352 valence electrons. The molecule has 1 aliphatic heterocycles. The van der Waals surface area contributed by atoms with E-state index in [0.29, 0.717) is 0 Å². The first kappa shape index (κ1) is 47.4. The largest absolute Gasteiger partial charge is 0.467 e. The summed E-state index contributed by atoms with van der Waals surface area (Å²) in [4.78, 5) is 82.6. The van der Waals surface area contributed by atoms with Crippen LogP contribution in [0.15, 0.2) is 170 Å². The fourth-order valence-electron chi connectivity index (χ4n) is 8.19. The van der Waals surface area contributed by atoms with Crippen molar-refractivity contribution in [1.29, 1.82) is 0 Å². The molecule has 1 amide bonds. The minimum Gasteiger partial charge on any atom is -0.467 e. The molecule has 15 heteroatoms. The number of benzene rings is 6. The molecule has 6 aromatic carbocycles. The van der Waals surface area contributed by atoms with E-state index < -0.39 is 85.4 Å². The Bertz CT molecular complexity index is 2710. The average molecular weight is 934 g/mol. The molecule has 1 N–H and O–H groups in total. The molecule has 15 nitrogen and oxygen atoms in total. The molecule has 7 atom stereocenters. The molecule has 0 aromatic heterocycles. The third kappa shape index (κ3) is 11.2. The monoisotopic (exact) mass is 933 g/mol. The number of carbonyl (C=O) groups is 6. The molecule has 8 rings (SSSR count). The number of hydrogen-bond acceptors (Lipinski definition) is 14. The number of fused-ring (bicyclic) bond motifs is 3. The highest BCUT2D eigenvalue weighted by atomic mass is 16.7. The zero-order valence-corrected chi connectivity index (χ0v) is 37.4. The quantitative estimate of drug-likeness (QED) is 0.0733. The van der Waals surface area contributed by atoms with Crippen LogP contribution in [0, 0.1) is 0 Å². The van der Waals surface area contributed by atoms with Crippen LogP contribution in [0.4, 0.5) is 4.79 Å². The Kier molecular flexibility index (Phi) is 15.2. The number of amides is 1. The summed E-state index contributed by atoms with van der Waals surface area (Å²) in [6.07, 6.45) is -10.8. The highest BCUT2D eigenvalue weighted by Crippen LogP contribution is 2.44. The summed E-state index contributed by atoms with van der Waals surface area (Å²) in [5.74, 6) is -4.74. The smallest absolute Gasteiger partial charge is 0.407 e. The van der Waals surface area contributed by atoms with Crippen LogP contribution in [0.25, 0.3) is 11.1 Å². The van der Waals surface area contributed by atoms with Crippen molar-refractivity contribution in [2.75, 3.05) is 20.3 Å². The van der Waals surface area contributed by atoms with Gasteiger partial charge in [0.05, 0.1) is 35.5 Å². The third-order valence-corrected chi connectivity index (χ3v) is 11.6. The van der Waals surface area contributed by atoms with Gasteiger partial charge in [0.1, 0.15) is 19.3 Å². The van der Waals surface area contributed by atoms with Crippen LogP contribution in [0.5, 0.6) is 0 Å². The average Bonchev–Trinajstić information content (AvgIpc) is 3.72. The Morgan fingerprint density at radius 1 is 0.507 bits per heavy atom. The van der Waals surface area contributed by atoms with Crippen molar-refractivity contribution in [2.24, 2.45) is 0 Å². The Morgan fingerprint density at radius 3 is 1.41 bits per heavy atom. The summed E-state index contributed by atoms with van der Waals surface area (Å²) in [5, 5.41) is 2.55. The van der Waals surface area contributed by atoms with Crippen molar-refractivity contribution in [3.8, 4) is 11.1 Å². The van der Waals surface area contributed by atoms with Gasteiger partial charge in [0.2, 0.25) is 0 Å². The van der Waals surface area contributed by atoms with Gasteiger partial charge in [-0.1, -0.05) is 121 Å². The van der Waals surface area contributed by atoms with Crippen molar-refractivity contribution in [2.45, 2.75) is 55.7 Å². The molecule has 1 aliphatic carbocycles. The van der Waals surface area contributed by atoms with E-state index in [4.69, 9.17) is 37.9 Å². The van der Waals surface area contributed by atoms with Crippen molar-refractivity contribution < 1.29 is 66.7 Å². The van der Waals surface area contributed by atoms with E-state index in [9.17, 15) is 28.8 Å². The molecule has 1 heterocycles. The van der Waals surface area contributed by atoms with Crippen molar-refractivity contribution in [3.63, 3.8) is 0 Å². The van der Waals surface area contributed by atoms with Gasteiger partial charge in [-0.3, -0.25) is 0 Å². The molecule has 0 saturated carbocycles. The molecule has 69 heavy (non-hydrogen) atoms. The number of esters is 5. The summed E-state index contributed by atoms with van der Waals surface area (Å²) in [7, 11) is 1.12. The van der Waals surface area contributed by atoms with E-state index in [-0.39, 0.29) is 34.8 Å². The number of carbonyl (C=O) groups excluding carboxylic acids is 6. The van der Waals surface area contributed by atoms with Gasteiger partial charge < -0.3 is 43.2 Å². The molecule has 0 spiro atoms. The molecule has 1 fully saturated rings. The summed E-state index contributed by atoms with van der Waals surface area (Å²) in [6.45, 7) is 0.723. The van der Waals surface area contributed by atoms with Crippen LogP contribution in [0.1, 0.15) is 65.4 Å². The predicted molar refractivity (Wildman–Crippen MR) is 247 cm³/mol. The summed E-state index contributed by atoms with van der Waals surface area (Å²) in [6, 6.07) is 45.8. The van der Waals surface area contributed by atoms with Crippen LogP contribution in [0.3, 0.4) is 0 Å². The van der Waals surface area contributed by atoms with Crippen molar-refractivity contribution in [3.05, 3.63) is 203 Å². The van der Waals surface area contributed by atoms with Crippen LogP contribution in [0.2, 0.25) is 0 Å². The molecule has 1 saturated heterocycles. The Morgan fingerprint density at radius 2 is 0.928 bits per heavy atom. The van der Waals surface area contributed by atoms with Gasteiger partial charge in [-0.2, -0.15) is 0 Å². The first-order valence-corrected chi connectivity index (χ1v) is 22.1. The third-order valence-electron chi connectivity index (χ3n) is 11.6. The first-order valence-electron chi connectivity index (χ1n) is 22.1. The lowest BCUT2D eigenvalue weighted by molar-refractivity contribution is -0.308. The lowest BCUT2D eigenvalue weighted by Crippen LogP contribution is -2.64. The Balaban J connectivity index is 1.12. The predicted octanol–water partition coefficient (Wildman–Crippen LogP) is 7.73. The van der Waals surface area contributed by atoms with Crippen LogP contribution >= 0.6 is 0 Å². The minimum atomic E-state index is -1.79. The van der Waals surface area contributed by atoms with Crippen molar-refractivity contribution in [1.82, 2.24) is 5.32 Å². The lowest BCUT2D eigenvalue weighted by atomic mass is 9.97. The zero-order valence-electron chi connectivity index (χ0n) is 37.4. The van der Waals surface area contributed by atoms with Crippen molar-refractivity contribution >= 4 is 35.9 Å². The first-order chi connectivity index (χ1) is 33.6. The van der Waals surface area contributed by atoms with Gasteiger partial charge in [-0.25, -0.2) is 28.8 Å². The van der Waals surface area contributed by atoms with E-state index in [1.54, 1.807) is 72.8 Å². The zero-order chi connectivity index (χ0) is 48.3. The molecule has 2 aliphatic rings. The second kappa shape index (κ2) is 22.1. The maximum Gasteiger partial charge on any atom is 0.407 e. The van der Waals surface area contributed by atoms with Crippen LogP contribution in [-0.4, -0.2) is 99.1 Å².